The average molecular weight is 266 g/mol. The van der Waals surface area contributed by atoms with Gasteiger partial charge in [-0.3, -0.25) is 0 Å². The van der Waals surface area contributed by atoms with Crippen molar-refractivity contribution in [2.24, 2.45) is 0 Å². The van der Waals surface area contributed by atoms with Crippen LogP contribution >= 0.6 is 0 Å². The van der Waals surface area contributed by atoms with Crippen molar-refractivity contribution >= 4 is 13.4 Å². The number of hydrogen-bond donors (Lipinski definition) is 0. The molecular weight excluding hydrogens is 238 g/mol. The average Bonchev–Trinajstić information content (AvgIpc) is 2.44. The molecule has 4 aliphatic rings. The molecule has 0 spiro atoms. The second kappa shape index (κ2) is 5.82. The Kier molecular flexibility index (Phi) is 3.89. The van der Waals surface area contributed by atoms with Crippen LogP contribution < -0.4 is 0 Å². The van der Waals surface area contributed by atoms with Gasteiger partial charge >= 0.3 is 0 Å². The third-order valence-electron chi connectivity index (χ3n) is 7.05. The summed E-state index contributed by atoms with van der Waals surface area (Å²) in [6.45, 7) is 1.58. The summed E-state index contributed by atoms with van der Waals surface area (Å²) in [6, 6.07) is 0. The minimum atomic E-state index is 0.792. The van der Waals surface area contributed by atoms with E-state index in [1.54, 1.807) is 0 Å². The van der Waals surface area contributed by atoms with Crippen LogP contribution in [0.15, 0.2) is 0 Å². The maximum atomic E-state index is 3.87. The molecule has 0 aromatic carbocycles. The first-order valence-corrected chi connectivity index (χ1v) is 9.43. The van der Waals surface area contributed by atoms with Crippen LogP contribution in [0.1, 0.15) is 77.0 Å². The Morgan fingerprint density at radius 3 is 0.950 bits per heavy atom. The van der Waals surface area contributed by atoms with E-state index in [-0.39, 0.29) is 0 Å². The Bertz CT molecular complexity index is 327. The predicted octanol–water partition coefficient (Wildman–Crippen LogP) is 5.27. The largest absolute Gasteiger partial charge is 0.236 e. The van der Waals surface area contributed by atoms with Gasteiger partial charge in [-0.15, -0.1) is 0 Å². The SMILES string of the molecule is C(#CB1C2CCCC1CCC2)B1C2CCCC1CCC2. The number of rotatable bonds is 0. The van der Waals surface area contributed by atoms with Crippen molar-refractivity contribution in [1.29, 1.82) is 0 Å². The lowest BCUT2D eigenvalue weighted by atomic mass is 9.24. The summed E-state index contributed by atoms with van der Waals surface area (Å²) in [5.74, 6) is 11.6. The quantitative estimate of drug-likeness (QED) is 0.413. The lowest BCUT2D eigenvalue weighted by molar-refractivity contribution is 0.447. The second-order valence-corrected chi connectivity index (χ2v) is 8.10. The summed E-state index contributed by atoms with van der Waals surface area (Å²) in [4.78, 5) is 0. The molecule has 0 radical (unpaired) electrons. The van der Waals surface area contributed by atoms with Crippen LogP contribution in [-0.4, -0.2) is 13.4 Å². The summed E-state index contributed by atoms with van der Waals surface area (Å²) in [7, 11) is 0. The van der Waals surface area contributed by atoms with Crippen molar-refractivity contribution in [3.05, 3.63) is 0 Å². The summed E-state index contributed by atoms with van der Waals surface area (Å²) >= 11 is 0. The van der Waals surface area contributed by atoms with E-state index in [0.29, 0.717) is 0 Å². The molecule has 0 nitrogen and oxygen atoms in total. The molecule has 2 heteroatoms. The van der Waals surface area contributed by atoms with Crippen molar-refractivity contribution < 1.29 is 0 Å². The molecule has 0 aromatic rings. The van der Waals surface area contributed by atoms with Gasteiger partial charge in [0.25, 0.3) is 0 Å². The zero-order chi connectivity index (χ0) is 13.4. The molecule has 4 fully saturated rings. The predicted molar refractivity (Wildman–Crippen MR) is 89.7 cm³/mol. The molecular formula is C18H28B2. The van der Waals surface area contributed by atoms with Crippen LogP contribution in [-0.2, 0) is 0 Å². The van der Waals surface area contributed by atoms with E-state index in [1.165, 1.54) is 77.0 Å². The second-order valence-electron chi connectivity index (χ2n) is 8.10. The fourth-order valence-corrected chi connectivity index (χ4v) is 6.02. The Morgan fingerprint density at radius 2 is 0.700 bits per heavy atom. The fraction of sp³-hybridized carbons (Fsp3) is 0.889. The first kappa shape index (κ1) is 13.4. The molecule has 0 atom stereocenters. The zero-order valence-electron chi connectivity index (χ0n) is 12.9. The fourth-order valence-electron chi connectivity index (χ4n) is 6.02. The normalized spacial score (nSPS) is 40.0. The molecule has 4 bridgehead atoms. The van der Waals surface area contributed by atoms with Crippen LogP contribution in [0, 0.1) is 11.6 Å². The minimum absolute atomic E-state index is 0.792. The summed E-state index contributed by atoms with van der Waals surface area (Å²) in [5.41, 5.74) is 0. The molecule has 4 aliphatic heterocycles. The molecule has 4 saturated heterocycles. The lowest BCUT2D eigenvalue weighted by Gasteiger charge is -2.39. The molecule has 0 unspecified atom stereocenters. The van der Waals surface area contributed by atoms with Crippen LogP contribution in [0.2, 0.25) is 23.3 Å². The van der Waals surface area contributed by atoms with Gasteiger partial charge in [-0.2, -0.15) is 11.6 Å². The van der Waals surface area contributed by atoms with Gasteiger partial charge in [-0.1, -0.05) is 77.0 Å². The smallest absolute Gasteiger partial charge is 0.167 e. The maximum Gasteiger partial charge on any atom is 0.236 e. The van der Waals surface area contributed by atoms with Crippen LogP contribution in [0.25, 0.3) is 0 Å². The van der Waals surface area contributed by atoms with E-state index in [0.717, 1.165) is 36.7 Å². The van der Waals surface area contributed by atoms with E-state index >= 15 is 0 Å². The van der Waals surface area contributed by atoms with Crippen molar-refractivity contribution in [1.82, 2.24) is 0 Å². The Balaban J connectivity index is 1.51. The van der Waals surface area contributed by atoms with E-state index in [4.69, 9.17) is 0 Å². The minimum Gasteiger partial charge on any atom is -0.167 e. The molecule has 0 N–H and O–H groups in total. The van der Waals surface area contributed by atoms with Crippen molar-refractivity contribution in [3.8, 4) is 11.6 Å². The molecule has 20 heavy (non-hydrogen) atoms. The van der Waals surface area contributed by atoms with Crippen molar-refractivity contribution in [2.75, 3.05) is 0 Å². The van der Waals surface area contributed by atoms with Gasteiger partial charge in [0.15, 0.2) is 0 Å². The van der Waals surface area contributed by atoms with Crippen LogP contribution in [0.4, 0.5) is 0 Å². The van der Waals surface area contributed by atoms with E-state index in [1.807, 2.05) is 0 Å². The van der Waals surface area contributed by atoms with Gasteiger partial charge in [0.1, 0.15) is 0 Å². The van der Waals surface area contributed by atoms with Crippen molar-refractivity contribution in [2.45, 2.75) is 100 Å². The summed E-state index contributed by atoms with van der Waals surface area (Å²) < 4.78 is 0. The van der Waals surface area contributed by atoms with Gasteiger partial charge in [0, 0.05) is 0 Å². The highest BCUT2D eigenvalue weighted by Gasteiger charge is 2.41. The number of fused-ring (bicyclic) bond motifs is 4. The summed E-state index contributed by atoms with van der Waals surface area (Å²) in [6.07, 6.45) is 17.8. The zero-order valence-corrected chi connectivity index (χ0v) is 12.9. The third kappa shape index (κ3) is 2.47. The molecule has 0 aliphatic carbocycles. The Hall–Kier alpha value is -0.310. The molecule has 0 aromatic heterocycles. The Morgan fingerprint density at radius 1 is 0.450 bits per heavy atom. The van der Waals surface area contributed by atoms with Crippen LogP contribution in [0.5, 0.6) is 0 Å². The van der Waals surface area contributed by atoms with E-state index in [2.05, 4.69) is 11.6 Å². The topological polar surface area (TPSA) is 0 Å². The first-order chi connectivity index (χ1) is 9.92. The summed E-state index contributed by atoms with van der Waals surface area (Å²) in [5, 5.41) is 0. The molecule has 4 heterocycles. The molecule has 106 valence electrons. The standard InChI is InChI=1S/C18H28B2/c1-5-15-7-2-8-16(6-1)19(15)13-14-20-17-9-3-10-18(20)12-4-11-17/h15-18H,1-12H2. The highest BCUT2D eigenvalue weighted by molar-refractivity contribution is 6.76. The van der Waals surface area contributed by atoms with Gasteiger partial charge in [-0.25, -0.2) is 0 Å². The van der Waals surface area contributed by atoms with E-state index < -0.39 is 0 Å². The monoisotopic (exact) mass is 266 g/mol. The molecule has 4 rings (SSSR count). The van der Waals surface area contributed by atoms with Gasteiger partial charge < -0.3 is 0 Å². The molecule has 0 saturated carbocycles. The van der Waals surface area contributed by atoms with Crippen LogP contribution in [0.3, 0.4) is 0 Å². The Labute approximate surface area is 126 Å². The van der Waals surface area contributed by atoms with Gasteiger partial charge in [0.2, 0.25) is 13.4 Å². The highest BCUT2D eigenvalue weighted by atomic mass is 14.2. The van der Waals surface area contributed by atoms with Gasteiger partial charge in [0.05, 0.1) is 0 Å². The van der Waals surface area contributed by atoms with E-state index in [9.17, 15) is 0 Å². The molecule has 0 amide bonds. The highest BCUT2D eigenvalue weighted by Crippen LogP contribution is 2.47. The van der Waals surface area contributed by atoms with Gasteiger partial charge in [-0.05, 0) is 23.3 Å². The third-order valence-corrected chi connectivity index (χ3v) is 7.05. The first-order valence-electron chi connectivity index (χ1n) is 9.43. The lowest BCUT2D eigenvalue weighted by Crippen LogP contribution is -2.36. The number of hydrogen-bond acceptors (Lipinski definition) is 0. The van der Waals surface area contributed by atoms with Crippen molar-refractivity contribution in [3.63, 3.8) is 0 Å². The maximum absolute atomic E-state index is 3.87.